The number of nitrogens with zero attached hydrogens (tertiary/aromatic N) is 1. The van der Waals surface area contributed by atoms with Crippen LogP contribution in [0.3, 0.4) is 0 Å². The number of likely N-dealkylation sites (tertiary alicyclic amines) is 1. The van der Waals surface area contributed by atoms with Crippen LogP contribution in [0.5, 0.6) is 0 Å². The van der Waals surface area contributed by atoms with Crippen LogP contribution in [0.2, 0.25) is 5.31 Å². The summed E-state index contributed by atoms with van der Waals surface area (Å²) >= 11 is 0. The molecule has 1 aliphatic heterocycles. The van der Waals surface area contributed by atoms with Gasteiger partial charge in [-0.1, -0.05) is 38.3 Å². The molecule has 25 heavy (non-hydrogen) atoms. The maximum absolute atomic E-state index is 13.2. The smallest absolute Gasteiger partial charge is 0.300 e. The molecule has 3 nitrogen and oxygen atoms in total. The van der Waals surface area contributed by atoms with Gasteiger partial charge in [-0.25, -0.2) is 4.39 Å². The van der Waals surface area contributed by atoms with E-state index in [0.717, 1.165) is 50.8 Å². The summed E-state index contributed by atoms with van der Waals surface area (Å²) in [5.41, 5.74) is 1.14. The first kappa shape index (κ1) is 20.0. The molecule has 5 heteroatoms. The Bertz CT molecular complexity index is 551. The molecule has 1 aliphatic rings. The van der Waals surface area contributed by atoms with E-state index in [1.165, 1.54) is 18.6 Å². The summed E-state index contributed by atoms with van der Waals surface area (Å²) in [5, 5.41) is 8.36. The van der Waals surface area contributed by atoms with Crippen molar-refractivity contribution in [3.05, 3.63) is 35.6 Å². The highest BCUT2D eigenvalue weighted by Gasteiger charge is 2.32. The zero-order valence-electron chi connectivity index (χ0n) is 15.2. The van der Waals surface area contributed by atoms with Crippen LogP contribution < -0.4 is 0 Å². The number of rotatable bonds is 9. The highest BCUT2D eigenvalue weighted by atomic mass is 19.1. The van der Waals surface area contributed by atoms with Crippen molar-refractivity contribution in [1.82, 2.24) is 4.90 Å². The van der Waals surface area contributed by atoms with Gasteiger partial charge < -0.3 is 5.11 Å². The van der Waals surface area contributed by atoms with E-state index in [1.54, 1.807) is 0 Å². The van der Waals surface area contributed by atoms with Gasteiger partial charge in [-0.2, -0.15) is 0 Å². The molecule has 0 spiro atoms. The minimum Gasteiger partial charge on any atom is -0.481 e. The first-order valence-corrected chi connectivity index (χ1v) is 9.48. The quantitative estimate of drug-likeness (QED) is 0.658. The number of carbonyl (C=O) groups is 1. The first-order valence-electron chi connectivity index (χ1n) is 9.48. The average molecular weight is 345 g/mol. The zero-order valence-corrected chi connectivity index (χ0v) is 15.2. The molecule has 0 saturated carbocycles. The Morgan fingerprint density at radius 2 is 1.96 bits per heavy atom. The monoisotopic (exact) mass is 345 g/mol. The number of unbranched alkanes of at least 4 members (excludes halogenated alkanes) is 1. The lowest BCUT2D eigenvalue weighted by Gasteiger charge is -2.37. The second kappa shape index (κ2) is 9.37. The highest BCUT2D eigenvalue weighted by molar-refractivity contribution is 6.26. The largest absolute Gasteiger partial charge is 0.481 e. The van der Waals surface area contributed by atoms with E-state index >= 15 is 0 Å². The van der Waals surface area contributed by atoms with Crippen molar-refractivity contribution < 1.29 is 14.3 Å². The van der Waals surface area contributed by atoms with E-state index in [1.807, 2.05) is 19.1 Å². The SMILES string of the molecule is [B]C(CCCC)(CCCN1CCCCC1c1ccc(F)cc1)C(=O)O. The highest BCUT2D eigenvalue weighted by Crippen LogP contribution is 2.36. The number of carboxylic acids is 1. The normalized spacial score (nSPS) is 21.0. The second-order valence-corrected chi connectivity index (χ2v) is 7.27. The lowest BCUT2D eigenvalue weighted by Crippen LogP contribution is -2.35. The van der Waals surface area contributed by atoms with Crippen LogP contribution in [0.4, 0.5) is 4.39 Å². The third-order valence-corrected chi connectivity index (χ3v) is 5.34. The molecule has 136 valence electrons. The topological polar surface area (TPSA) is 40.5 Å². The molecule has 1 saturated heterocycles. The van der Waals surface area contributed by atoms with E-state index in [0.29, 0.717) is 18.9 Å². The average Bonchev–Trinajstić information content (AvgIpc) is 2.61. The number of hydrogen-bond acceptors (Lipinski definition) is 2. The summed E-state index contributed by atoms with van der Waals surface area (Å²) in [7, 11) is 6.15. The Labute approximate surface area is 152 Å². The molecule has 1 aromatic rings. The Balaban J connectivity index is 1.94. The van der Waals surface area contributed by atoms with E-state index in [-0.39, 0.29) is 5.82 Å². The molecule has 2 atom stereocenters. The second-order valence-electron chi connectivity index (χ2n) is 7.27. The molecular weight excluding hydrogens is 316 g/mol. The van der Waals surface area contributed by atoms with Crippen LogP contribution in [-0.4, -0.2) is 36.9 Å². The van der Waals surface area contributed by atoms with E-state index in [9.17, 15) is 14.3 Å². The standard InChI is InChI=1S/C20H29BFNO2/c1-2-3-12-20(21,19(24)25)13-6-15-23-14-5-4-7-18(23)16-8-10-17(22)11-9-16/h8-11,18H,2-7,12-15H2,1H3,(H,24,25). The van der Waals surface area contributed by atoms with Gasteiger partial charge >= 0.3 is 5.97 Å². The van der Waals surface area contributed by atoms with E-state index in [4.69, 9.17) is 7.85 Å². The van der Waals surface area contributed by atoms with Crippen molar-refractivity contribution in [3.63, 3.8) is 0 Å². The van der Waals surface area contributed by atoms with Crippen molar-refractivity contribution in [2.75, 3.05) is 13.1 Å². The molecule has 2 radical (unpaired) electrons. The van der Waals surface area contributed by atoms with Crippen molar-refractivity contribution in [1.29, 1.82) is 0 Å². The molecule has 2 rings (SSSR count). The number of hydrogen-bond donors (Lipinski definition) is 1. The summed E-state index contributed by atoms with van der Waals surface area (Å²) in [5.74, 6) is -1.11. The lowest BCUT2D eigenvalue weighted by molar-refractivity contribution is -0.141. The molecule has 1 aromatic carbocycles. The van der Waals surface area contributed by atoms with Gasteiger partial charge in [0.2, 0.25) is 0 Å². The van der Waals surface area contributed by atoms with Crippen molar-refractivity contribution >= 4 is 13.8 Å². The summed E-state index contributed by atoms with van der Waals surface area (Å²) in [6, 6.07) is 7.06. The Hall–Kier alpha value is -1.36. The van der Waals surface area contributed by atoms with Gasteiger partial charge in [0.05, 0.1) is 7.85 Å². The summed E-state index contributed by atoms with van der Waals surface area (Å²) in [6.45, 7) is 3.88. The molecule has 1 fully saturated rings. The van der Waals surface area contributed by atoms with Gasteiger partial charge in [0, 0.05) is 11.4 Å². The van der Waals surface area contributed by atoms with Crippen molar-refractivity contribution in [2.45, 2.75) is 69.6 Å². The molecule has 0 aromatic heterocycles. The van der Waals surface area contributed by atoms with Gasteiger partial charge in [-0.05, 0) is 62.9 Å². The maximum Gasteiger partial charge on any atom is 0.300 e. The van der Waals surface area contributed by atoms with Crippen LogP contribution in [-0.2, 0) is 4.79 Å². The van der Waals surface area contributed by atoms with Crippen LogP contribution in [0.25, 0.3) is 0 Å². The van der Waals surface area contributed by atoms with Gasteiger partial charge in [-0.3, -0.25) is 9.69 Å². The van der Waals surface area contributed by atoms with E-state index < -0.39 is 11.3 Å². The first-order chi connectivity index (χ1) is 12.0. The van der Waals surface area contributed by atoms with E-state index in [2.05, 4.69) is 4.90 Å². The lowest BCUT2D eigenvalue weighted by atomic mass is 9.63. The summed E-state index contributed by atoms with van der Waals surface area (Å²) < 4.78 is 13.2. The number of aliphatic carboxylic acids is 1. The molecular formula is C20H29BFNO2. The molecule has 0 amide bonds. The third kappa shape index (κ3) is 5.57. The van der Waals surface area contributed by atoms with Gasteiger partial charge in [-0.15, -0.1) is 0 Å². The van der Waals surface area contributed by atoms with Crippen LogP contribution in [0.15, 0.2) is 24.3 Å². The van der Waals surface area contributed by atoms with Crippen LogP contribution in [0.1, 0.15) is 69.9 Å². The van der Waals surface area contributed by atoms with Crippen molar-refractivity contribution in [2.24, 2.45) is 0 Å². The Morgan fingerprint density at radius 1 is 1.28 bits per heavy atom. The minimum atomic E-state index is -1.11. The number of benzene rings is 1. The van der Waals surface area contributed by atoms with Gasteiger partial charge in [0.1, 0.15) is 5.82 Å². The third-order valence-electron chi connectivity index (χ3n) is 5.34. The molecule has 2 unspecified atom stereocenters. The molecule has 1 N–H and O–H groups in total. The molecule has 0 bridgehead atoms. The fourth-order valence-electron chi connectivity index (χ4n) is 3.75. The fraction of sp³-hybridized carbons (Fsp3) is 0.650. The van der Waals surface area contributed by atoms with Crippen molar-refractivity contribution in [3.8, 4) is 0 Å². The molecule has 1 heterocycles. The minimum absolute atomic E-state index is 0.212. The number of halogens is 1. The predicted molar refractivity (Wildman–Crippen MR) is 99.4 cm³/mol. The van der Waals surface area contributed by atoms with Crippen LogP contribution >= 0.6 is 0 Å². The summed E-state index contributed by atoms with van der Waals surface area (Å²) in [6.07, 6.45) is 6.97. The maximum atomic E-state index is 13.2. The number of piperidine rings is 1. The Kier molecular flexibility index (Phi) is 7.48. The number of carboxylic acid groups (broad SMARTS) is 1. The zero-order chi connectivity index (χ0) is 18.3. The fourth-order valence-corrected chi connectivity index (χ4v) is 3.75. The Morgan fingerprint density at radius 3 is 2.60 bits per heavy atom. The summed E-state index contributed by atoms with van der Waals surface area (Å²) in [4.78, 5) is 14.0. The van der Waals surface area contributed by atoms with Crippen LogP contribution in [0, 0.1) is 5.82 Å². The molecule has 0 aliphatic carbocycles. The van der Waals surface area contributed by atoms with Gasteiger partial charge in [0.25, 0.3) is 0 Å². The predicted octanol–water partition coefficient (Wildman–Crippen LogP) is 4.73. The van der Waals surface area contributed by atoms with Gasteiger partial charge in [0.15, 0.2) is 0 Å².